The lowest BCUT2D eigenvalue weighted by Gasteiger charge is -2.31. The van der Waals surface area contributed by atoms with E-state index in [4.69, 9.17) is 15.0 Å². The molecule has 12 aromatic carbocycles. The fourth-order valence-corrected chi connectivity index (χ4v) is 13.7. The van der Waals surface area contributed by atoms with Gasteiger partial charge in [-0.05, 0) is 112 Å². The van der Waals surface area contributed by atoms with Crippen molar-refractivity contribution in [2.45, 2.75) is 12.3 Å². The van der Waals surface area contributed by atoms with E-state index in [0.29, 0.717) is 23.9 Å². The average Bonchev–Trinajstić information content (AvgIpc) is 1.70. The standard InChI is InChI=1S/C81H54N6/c1-5-21-53(22-6-1)55-37-41-59(42-38-55)79-82-80(60-43-39-56(40-44-60)54-23-7-2-8-24-54)84-81(83-79)61-49-68(57-25-9-3-10-26-57)78(69(50-61)58-27-11-4-12-28-58)87-76-47-45-62(85-72-33-17-13-29-64(72)65-30-14-18-34-73(65)85)51-70(76)71-52-63(46-48-77(71)87)86-74-35-19-15-31-66(74)67-32-16-20-36-75(67)86/h1-49,51-52,69H,50H2. The Bertz CT molecular complexity index is 5000. The van der Waals surface area contributed by atoms with Crippen LogP contribution in [-0.4, -0.2) is 28.7 Å². The highest BCUT2D eigenvalue weighted by Crippen LogP contribution is 2.50. The van der Waals surface area contributed by atoms with Crippen LogP contribution in [0.3, 0.4) is 0 Å². The van der Waals surface area contributed by atoms with E-state index in [1.54, 1.807) is 0 Å². The predicted octanol–water partition coefficient (Wildman–Crippen LogP) is 20.5. The Balaban J connectivity index is 0.923. The quantitative estimate of drug-likeness (QED) is 0.137. The summed E-state index contributed by atoms with van der Waals surface area (Å²) in [6.07, 6.45) is 3.00. The topological polar surface area (TPSA) is 53.5 Å². The summed E-state index contributed by atoms with van der Waals surface area (Å²) in [5, 5.41) is 7.26. The Morgan fingerprint density at radius 1 is 0.264 bits per heavy atom. The highest BCUT2D eigenvalue weighted by atomic mass is 15.1. The first-order valence-corrected chi connectivity index (χ1v) is 29.8. The number of nitrogens with zero attached hydrogens (tertiary/aromatic N) is 6. The van der Waals surface area contributed by atoms with Crippen molar-refractivity contribution in [3.63, 3.8) is 0 Å². The van der Waals surface area contributed by atoms with E-state index in [1.807, 2.05) is 0 Å². The summed E-state index contributed by atoms with van der Waals surface area (Å²) in [4.78, 5) is 16.3. The van der Waals surface area contributed by atoms with Gasteiger partial charge in [-0.25, -0.2) is 15.0 Å². The van der Waals surface area contributed by atoms with Gasteiger partial charge in [-0.1, -0.05) is 243 Å². The van der Waals surface area contributed by atoms with Crippen molar-refractivity contribution in [3.8, 4) is 56.4 Å². The first-order chi connectivity index (χ1) is 43.1. The Kier molecular flexibility index (Phi) is 11.9. The minimum atomic E-state index is -0.145. The number of benzene rings is 12. The lowest BCUT2D eigenvalue weighted by atomic mass is 9.80. The molecule has 0 radical (unpaired) electrons. The smallest absolute Gasteiger partial charge is 0.164 e. The largest absolute Gasteiger partial charge is 0.312 e. The molecule has 4 aromatic heterocycles. The lowest BCUT2D eigenvalue weighted by Crippen LogP contribution is -2.16. The van der Waals surface area contributed by atoms with Crippen molar-refractivity contribution < 1.29 is 0 Å². The fraction of sp³-hybridized carbons (Fsp3) is 0.0247. The molecule has 408 valence electrons. The van der Waals surface area contributed by atoms with Gasteiger partial charge < -0.3 is 13.7 Å². The van der Waals surface area contributed by atoms with E-state index >= 15 is 0 Å². The van der Waals surface area contributed by atoms with Gasteiger partial charge in [0.1, 0.15) is 0 Å². The third-order valence-corrected chi connectivity index (χ3v) is 17.7. The summed E-state index contributed by atoms with van der Waals surface area (Å²) in [6, 6.07) is 110. The molecule has 1 unspecified atom stereocenters. The number of fused-ring (bicyclic) bond motifs is 9. The molecule has 0 aliphatic heterocycles. The van der Waals surface area contributed by atoms with E-state index in [-0.39, 0.29) is 5.92 Å². The minimum Gasteiger partial charge on any atom is -0.312 e. The molecule has 0 bridgehead atoms. The zero-order valence-corrected chi connectivity index (χ0v) is 47.4. The van der Waals surface area contributed by atoms with Gasteiger partial charge in [0.25, 0.3) is 0 Å². The van der Waals surface area contributed by atoms with Crippen molar-refractivity contribution in [1.29, 1.82) is 0 Å². The molecule has 0 fully saturated rings. The molecular weight excluding hydrogens is 1060 g/mol. The van der Waals surface area contributed by atoms with E-state index in [2.05, 4.69) is 323 Å². The van der Waals surface area contributed by atoms with E-state index in [9.17, 15) is 0 Å². The van der Waals surface area contributed by atoms with Gasteiger partial charge >= 0.3 is 0 Å². The van der Waals surface area contributed by atoms with E-state index < -0.39 is 0 Å². The number of allylic oxidation sites excluding steroid dienone is 4. The third-order valence-electron chi connectivity index (χ3n) is 17.7. The number of hydrogen-bond acceptors (Lipinski definition) is 3. The maximum absolute atomic E-state index is 5.49. The van der Waals surface area contributed by atoms with Crippen LogP contribution in [0.15, 0.2) is 309 Å². The second-order valence-electron chi connectivity index (χ2n) is 22.7. The van der Waals surface area contributed by atoms with Gasteiger partial charge in [0.05, 0.1) is 33.1 Å². The molecule has 0 saturated carbocycles. The van der Waals surface area contributed by atoms with Crippen LogP contribution in [0.4, 0.5) is 0 Å². The second-order valence-corrected chi connectivity index (χ2v) is 22.7. The third kappa shape index (κ3) is 8.52. The summed E-state index contributed by atoms with van der Waals surface area (Å²) in [6.45, 7) is 0. The first-order valence-electron chi connectivity index (χ1n) is 29.8. The Morgan fingerprint density at radius 2 is 0.598 bits per heavy atom. The van der Waals surface area contributed by atoms with Crippen LogP contribution in [0.25, 0.3) is 139 Å². The van der Waals surface area contributed by atoms with Crippen molar-refractivity contribution in [3.05, 3.63) is 326 Å². The molecule has 0 saturated heterocycles. The van der Waals surface area contributed by atoms with Crippen LogP contribution < -0.4 is 0 Å². The minimum absolute atomic E-state index is 0.145. The molecule has 1 aliphatic carbocycles. The normalized spacial score (nSPS) is 13.6. The summed E-state index contributed by atoms with van der Waals surface area (Å²) in [5.74, 6) is 1.75. The lowest BCUT2D eigenvalue weighted by molar-refractivity contribution is 0.835. The SMILES string of the molecule is C1=C(c2nc(-c3ccc(-c4ccccc4)cc3)nc(-c3ccc(-c4ccccc4)cc3)n2)CC(c2ccccc2)C(n2c3ccc(-n4c5ccccc5c5ccccc54)cc3c3cc(-n4c5ccccc5c5ccccc54)ccc32)=C1c1ccccc1. The van der Waals surface area contributed by atoms with Crippen molar-refractivity contribution in [1.82, 2.24) is 28.7 Å². The highest BCUT2D eigenvalue weighted by molar-refractivity contribution is 6.16. The number of para-hydroxylation sites is 4. The number of aromatic nitrogens is 6. The Morgan fingerprint density at radius 3 is 1.02 bits per heavy atom. The van der Waals surface area contributed by atoms with Crippen molar-refractivity contribution in [2.24, 2.45) is 0 Å². The van der Waals surface area contributed by atoms with Crippen LogP contribution in [-0.2, 0) is 0 Å². The zero-order chi connectivity index (χ0) is 57.4. The number of rotatable bonds is 10. The molecule has 0 N–H and O–H groups in total. The van der Waals surface area contributed by atoms with Gasteiger partial charge in [0.15, 0.2) is 17.5 Å². The summed E-state index contributed by atoms with van der Waals surface area (Å²) < 4.78 is 7.46. The molecule has 87 heavy (non-hydrogen) atoms. The molecule has 16 aromatic rings. The first kappa shape index (κ1) is 50.1. The van der Waals surface area contributed by atoms with Gasteiger partial charge in [0.2, 0.25) is 0 Å². The van der Waals surface area contributed by atoms with Crippen LogP contribution in [0, 0.1) is 0 Å². The summed E-state index contributed by atoms with van der Waals surface area (Å²) >= 11 is 0. The Hall–Kier alpha value is -11.5. The monoisotopic (exact) mass is 1110 g/mol. The molecule has 1 atom stereocenters. The summed E-state index contributed by atoms with van der Waals surface area (Å²) in [5.41, 5.74) is 21.2. The van der Waals surface area contributed by atoms with Crippen LogP contribution in [0.2, 0.25) is 0 Å². The van der Waals surface area contributed by atoms with Gasteiger partial charge in [-0.2, -0.15) is 0 Å². The average molecular weight is 1110 g/mol. The highest BCUT2D eigenvalue weighted by Gasteiger charge is 2.32. The molecule has 1 aliphatic rings. The van der Waals surface area contributed by atoms with Crippen LogP contribution in [0.1, 0.15) is 29.3 Å². The molecular formula is C81H54N6. The van der Waals surface area contributed by atoms with Gasteiger partial charge in [-0.3, -0.25) is 0 Å². The second kappa shape index (κ2) is 20.7. The van der Waals surface area contributed by atoms with Crippen LogP contribution in [0.5, 0.6) is 0 Å². The molecule has 17 rings (SSSR count). The molecule has 0 amide bonds. The molecule has 6 nitrogen and oxygen atoms in total. The molecule has 0 spiro atoms. The van der Waals surface area contributed by atoms with Crippen molar-refractivity contribution in [2.75, 3.05) is 0 Å². The summed E-state index contributed by atoms with van der Waals surface area (Å²) in [7, 11) is 0. The Labute approximate surface area is 503 Å². The zero-order valence-electron chi connectivity index (χ0n) is 47.4. The van der Waals surface area contributed by atoms with Crippen LogP contribution >= 0.6 is 0 Å². The maximum atomic E-state index is 5.49. The van der Waals surface area contributed by atoms with Gasteiger partial charge in [-0.15, -0.1) is 0 Å². The van der Waals surface area contributed by atoms with Gasteiger partial charge in [0, 0.05) is 72.0 Å². The van der Waals surface area contributed by atoms with Crippen molar-refractivity contribution >= 4 is 82.3 Å². The molecule has 4 heterocycles. The molecule has 6 heteroatoms. The van der Waals surface area contributed by atoms with E-state index in [0.717, 1.165) is 83.3 Å². The maximum Gasteiger partial charge on any atom is 0.164 e. The van der Waals surface area contributed by atoms with E-state index in [1.165, 1.54) is 54.9 Å². The fourth-order valence-electron chi connectivity index (χ4n) is 13.7. The number of hydrogen-bond donors (Lipinski definition) is 0. The predicted molar refractivity (Wildman–Crippen MR) is 361 cm³/mol.